The lowest BCUT2D eigenvalue weighted by molar-refractivity contribution is -0.111. The topological polar surface area (TPSA) is 54.3 Å². The first-order valence-electron chi connectivity index (χ1n) is 9.39. The summed E-state index contributed by atoms with van der Waals surface area (Å²) in [7, 11) is 0. The number of aromatic nitrogens is 1. The molecule has 0 saturated carbocycles. The second-order valence-electron chi connectivity index (χ2n) is 6.72. The monoisotopic (exact) mass is 370 g/mol. The number of aryl methyl sites for hydroxylation is 1. The van der Waals surface area contributed by atoms with Crippen LogP contribution in [0.4, 0.5) is 5.69 Å². The van der Waals surface area contributed by atoms with Crippen LogP contribution >= 0.6 is 0 Å². The van der Waals surface area contributed by atoms with E-state index in [4.69, 9.17) is 0 Å². The number of hydrogen-bond acceptors (Lipinski definition) is 2. The van der Waals surface area contributed by atoms with Crippen LogP contribution in [0.5, 0.6) is 0 Å². The van der Waals surface area contributed by atoms with Crippen LogP contribution < -0.4 is 5.32 Å². The fourth-order valence-corrected chi connectivity index (χ4v) is 3.62. The maximum absolute atomic E-state index is 12.2. The van der Waals surface area contributed by atoms with Crippen molar-refractivity contribution in [2.75, 3.05) is 5.32 Å². The molecule has 4 heteroatoms. The highest BCUT2D eigenvalue weighted by molar-refractivity contribution is 6.09. The van der Waals surface area contributed by atoms with Gasteiger partial charge in [0.2, 0.25) is 5.91 Å². The zero-order valence-electron chi connectivity index (χ0n) is 15.7. The molecule has 4 nitrogen and oxygen atoms in total. The molecule has 0 radical (unpaired) electrons. The van der Waals surface area contributed by atoms with Crippen LogP contribution in [0.15, 0.2) is 72.8 Å². The second-order valence-corrected chi connectivity index (χ2v) is 6.72. The van der Waals surface area contributed by atoms with Crippen LogP contribution in [0.1, 0.15) is 18.1 Å². The van der Waals surface area contributed by atoms with Crippen molar-refractivity contribution in [2.24, 2.45) is 0 Å². The summed E-state index contributed by atoms with van der Waals surface area (Å²) in [6.07, 6.45) is 3.36. The summed E-state index contributed by atoms with van der Waals surface area (Å²) in [6.45, 7) is 3.01. The lowest BCUT2D eigenvalue weighted by Gasteiger charge is -2.04. The summed E-state index contributed by atoms with van der Waals surface area (Å²) in [5.41, 5.74) is 4.83. The van der Waals surface area contributed by atoms with Crippen molar-refractivity contribution in [3.8, 4) is 0 Å². The van der Waals surface area contributed by atoms with E-state index in [0.717, 1.165) is 17.7 Å². The quantitative estimate of drug-likeness (QED) is 0.488. The Morgan fingerprint density at radius 2 is 1.82 bits per heavy atom. The Bertz CT molecular complexity index is 1190. The van der Waals surface area contributed by atoms with E-state index < -0.39 is 0 Å². The Kier molecular flexibility index (Phi) is 4.96. The molecule has 0 bridgehead atoms. The number of carbonyl (C=O) groups excluding carboxylic acids is 1. The van der Waals surface area contributed by atoms with Crippen LogP contribution in [-0.4, -0.2) is 15.6 Å². The predicted molar refractivity (Wildman–Crippen MR) is 115 cm³/mol. The number of aliphatic hydroxyl groups is 1. The minimum absolute atomic E-state index is 0.0507. The number of nitrogens with zero attached hydrogens (tertiary/aromatic N) is 1. The molecule has 0 spiro atoms. The SMILES string of the molecule is CCn1c2ccccc2c2cc(/C=C/C(=O)Nc3cccc(CO)c3)ccc21. The molecule has 2 N–H and O–H groups in total. The lowest BCUT2D eigenvalue weighted by Crippen LogP contribution is -2.07. The van der Waals surface area contributed by atoms with Gasteiger partial charge in [0.1, 0.15) is 0 Å². The third kappa shape index (κ3) is 3.42. The first kappa shape index (κ1) is 18.0. The molecule has 4 aromatic rings. The number of amides is 1. The van der Waals surface area contributed by atoms with Gasteiger partial charge in [0.25, 0.3) is 0 Å². The van der Waals surface area contributed by atoms with Crippen LogP contribution in [0, 0.1) is 0 Å². The van der Waals surface area contributed by atoms with E-state index in [9.17, 15) is 9.90 Å². The smallest absolute Gasteiger partial charge is 0.248 e. The van der Waals surface area contributed by atoms with Crippen LogP contribution in [-0.2, 0) is 17.9 Å². The number of benzene rings is 3. The highest BCUT2D eigenvalue weighted by Gasteiger charge is 2.09. The predicted octanol–water partition coefficient (Wildman–Crippen LogP) is 4.96. The van der Waals surface area contributed by atoms with Crippen molar-refractivity contribution in [1.29, 1.82) is 0 Å². The molecule has 1 amide bonds. The average Bonchev–Trinajstić information content (AvgIpc) is 3.05. The maximum Gasteiger partial charge on any atom is 0.248 e. The molecular formula is C24H22N2O2. The largest absolute Gasteiger partial charge is 0.392 e. The number of para-hydroxylation sites is 1. The first-order chi connectivity index (χ1) is 13.7. The van der Waals surface area contributed by atoms with Crippen molar-refractivity contribution >= 4 is 39.5 Å². The Labute approximate surface area is 163 Å². The molecule has 140 valence electrons. The van der Waals surface area contributed by atoms with E-state index in [0.29, 0.717) is 5.69 Å². The number of carbonyl (C=O) groups is 1. The summed E-state index contributed by atoms with van der Waals surface area (Å²) in [6, 6.07) is 21.8. The number of aliphatic hydroxyl groups excluding tert-OH is 1. The molecule has 4 rings (SSSR count). The summed E-state index contributed by atoms with van der Waals surface area (Å²) in [5, 5.41) is 14.4. The highest BCUT2D eigenvalue weighted by atomic mass is 16.3. The number of rotatable bonds is 5. The minimum atomic E-state index is -0.203. The molecule has 0 saturated heterocycles. The van der Waals surface area contributed by atoms with Crippen molar-refractivity contribution in [3.63, 3.8) is 0 Å². The molecule has 0 aliphatic rings. The third-order valence-corrected chi connectivity index (χ3v) is 4.92. The fourth-order valence-electron chi connectivity index (χ4n) is 3.62. The normalized spacial score (nSPS) is 11.5. The Hall–Kier alpha value is -3.37. The Morgan fingerprint density at radius 1 is 1.00 bits per heavy atom. The zero-order chi connectivity index (χ0) is 19.5. The number of nitrogens with one attached hydrogen (secondary N) is 1. The lowest BCUT2D eigenvalue weighted by atomic mass is 10.1. The van der Waals surface area contributed by atoms with Gasteiger partial charge in [-0.1, -0.05) is 36.4 Å². The molecule has 0 unspecified atom stereocenters. The van der Waals surface area contributed by atoms with Crippen LogP contribution in [0.2, 0.25) is 0 Å². The van der Waals surface area contributed by atoms with E-state index >= 15 is 0 Å². The zero-order valence-corrected chi connectivity index (χ0v) is 15.7. The number of anilines is 1. The van der Waals surface area contributed by atoms with Gasteiger partial charge in [0.15, 0.2) is 0 Å². The molecule has 1 heterocycles. The summed E-state index contributed by atoms with van der Waals surface area (Å²) in [4.78, 5) is 12.2. The molecule has 0 aliphatic heterocycles. The third-order valence-electron chi connectivity index (χ3n) is 4.92. The van der Waals surface area contributed by atoms with Crippen LogP contribution in [0.3, 0.4) is 0 Å². The Morgan fingerprint density at radius 3 is 2.64 bits per heavy atom. The summed E-state index contributed by atoms with van der Waals surface area (Å²) < 4.78 is 2.30. The van der Waals surface area contributed by atoms with Gasteiger partial charge in [0.05, 0.1) is 6.61 Å². The Balaban J connectivity index is 1.60. The standard InChI is InChI=1S/C24H22N2O2/c1-2-26-22-9-4-3-8-20(22)21-15-17(10-12-23(21)26)11-13-24(28)25-19-7-5-6-18(14-19)16-27/h3-15,27H,2,16H2,1H3,(H,25,28)/b13-11+. The maximum atomic E-state index is 12.2. The molecule has 0 aliphatic carbocycles. The first-order valence-corrected chi connectivity index (χ1v) is 9.39. The molecule has 1 aromatic heterocycles. The molecular weight excluding hydrogens is 348 g/mol. The molecule has 28 heavy (non-hydrogen) atoms. The second kappa shape index (κ2) is 7.71. The average molecular weight is 370 g/mol. The van der Waals surface area contributed by atoms with Gasteiger partial charge in [-0.05, 0) is 54.5 Å². The fraction of sp³-hybridized carbons (Fsp3) is 0.125. The summed E-state index contributed by atoms with van der Waals surface area (Å²) in [5.74, 6) is -0.203. The van der Waals surface area contributed by atoms with Gasteiger partial charge in [0, 0.05) is 40.1 Å². The number of hydrogen-bond donors (Lipinski definition) is 2. The van der Waals surface area contributed by atoms with Crippen LogP contribution in [0.25, 0.3) is 27.9 Å². The van der Waals surface area contributed by atoms with Crippen molar-refractivity contribution in [2.45, 2.75) is 20.1 Å². The van der Waals surface area contributed by atoms with Gasteiger partial charge < -0.3 is 15.0 Å². The molecule has 0 atom stereocenters. The van der Waals surface area contributed by atoms with Crippen molar-refractivity contribution in [3.05, 3.63) is 83.9 Å². The van der Waals surface area contributed by atoms with Gasteiger partial charge in [-0.25, -0.2) is 0 Å². The highest BCUT2D eigenvalue weighted by Crippen LogP contribution is 2.29. The summed E-state index contributed by atoms with van der Waals surface area (Å²) >= 11 is 0. The molecule has 0 fully saturated rings. The van der Waals surface area contributed by atoms with Crippen molar-refractivity contribution < 1.29 is 9.90 Å². The van der Waals surface area contributed by atoms with E-state index in [1.54, 1.807) is 12.1 Å². The van der Waals surface area contributed by atoms with Gasteiger partial charge in [-0.3, -0.25) is 4.79 Å². The number of fused-ring (bicyclic) bond motifs is 3. The van der Waals surface area contributed by atoms with Gasteiger partial charge >= 0.3 is 0 Å². The van der Waals surface area contributed by atoms with Gasteiger partial charge in [-0.2, -0.15) is 0 Å². The van der Waals surface area contributed by atoms with E-state index in [1.165, 1.54) is 27.9 Å². The minimum Gasteiger partial charge on any atom is -0.392 e. The van der Waals surface area contributed by atoms with Gasteiger partial charge in [-0.15, -0.1) is 0 Å². The van der Waals surface area contributed by atoms with E-state index in [2.05, 4.69) is 53.2 Å². The van der Waals surface area contributed by atoms with Crippen molar-refractivity contribution in [1.82, 2.24) is 4.57 Å². The van der Waals surface area contributed by atoms with E-state index in [-0.39, 0.29) is 12.5 Å². The molecule has 3 aromatic carbocycles. The van der Waals surface area contributed by atoms with E-state index in [1.807, 2.05) is 24.3 Å².